The van der Waals surface area contributed by atoms with Crippen molar-refractivity contribution in [2.45, 2.75) is 43.6 Å². The van der Waals surface area contributed by atoms with Crippen molar-refractivity contribution in [3.05, 3.63) is 46.3 Å². The number of aliphatic hydroxyl groups excluding tert-OH is 1. The van der Waals surface area contributed by atoms with Crippen LogP contribution in [-0.4, -0.2) is 42.9 Å². The normalized spacial score (nSPS) is 33.9. The molecule has 2 aliphatic heterocycles. The van der Waals surface area contributed by atoms with Crippen molar-refractivity contribution in [1.29, 1.82) is 0 Å². The summed E-state index contributed by atoms with van der Waals surface area (Å²) in [5.74, 6) is 1.47. The number of hydrogen-bond donors (Lipinski definition) is 1. The highest BCUT2D eigenvalue weighted by atomic mass is 16.5. The molecule has 4 atom stereocenters. The molecule has 0 fully saturated rings. The largest absolute Gasteiger partial charge is 0.493 e. The molecule has 0 aromatic heterocycles. The Kier molecular flexibility index (Phi) is 3.38. The first-order chi connectivity index (χ1) is 11.5. The number of methoxy groups -OCH3 is 1. The van der Waals surface area contributed by atoms with Crippen molar-refractivity contribution >= 4 is 0 Å². The summed E-state index contributed by atoms with van der Waals surface area (Å²) < 4.78 is 11.9. The van der Waals surface area contributed by atoms with Gasteiger partial charge in [0.2, 0.25) is 0 Å². The fourth-order valence-electron chi connectivity index (χ4n) is 4.52. The third kappa shape index (κ3) is 1.87. The smallest absolute Gasteiger partial charge is 0.305 e. The lowest BCUT2D eigenvalue weighted by atomic mass is 9.68. The molecule has 1 aromatic rings. The summed E-state index contributed by atoms with van der Waals surface area (Å²) >= 11 is 0. The molecule has 3 unspecified atom stereocenters. The molecule has 0 saturated carbocycles. The minimum atomic E-state index is -0.483. The molecule has 0 radical (unpaired) electrons. The van der Waals surface area contributed by atoms with Gasteiger partial charge in [-0.1, -0.05) is 12.2 Å². The molecule has 1 spiro atoms. The summed E-state index contributed by atoms with van der Waals surface area (Å²) in [6, 6.07) is 1.97. The summed E-state index contributed by atoms with van der Waals surface area (Å²) in [6.45, 7) is 10.6. The van der Waals surface area contributed by atoms with Gasteiger partial charge in [-0.3, -0.25) is 4.85 Å². The third-order valence-electron chi connectivity index (χ3n) is 5.76. The SMILES string of the molecule is [C-]#[N+]C1c2c(C)cc(OC)c3c2C2(C=C[C@@H](O)CC2O3)CCN1C. The monoisotopic (exact) mass is 326 g/mol. The molecule has 1 aliphatic carbocycles. The van der Waals surface area contributed by atoms with Crippen LogP contribution < -0.4 is 9.47 Å². The lowest BCUT2D eigenvalue weighted by molar-refractivity contribution is 0.0816. The average Bonchev–Trinajstić information content (AvgIpc) is 2.82. The summed E-state index contributed by atoms with van der Waals surface area (Å²) in [7, 11) is 3.66. The van der Waals surface area contributed by atoms with E-state index in [2.05, 4.69) is 15.8 Å². The predicted octanol–water partition coefficient (Wildman–Crippen LogP) is 2.58. The van der Waals surface area contributed by atoms with Crippen LogP contribution in [0.2, 0.25) is 0 Å². The minimum Gasteiger partial charge on any atom is -0.493 e. The number of ether oxygens (including phenoxy) is 2. The maximum atomic E-state index is 10.1. The van der Waals surface area contributed by atoms with Gasteiger partial charge in [0.1, 0.15) is 6.10 Å². The molecule has 0 saturated heterocycles. The molecule has 4 rings (SSSR count). The van der Waals surface area contributed by atoms with E-state index in [0.29, 0.717) is 6.42 Å². The fraction of sp³-hybridized carbons (Fsp3) is 0.526. The van der Waals surface area contributed by atoms with E-state index in [1.54, 1.807) is 7.11 Å². The van der Waals surface area contributed by atoms with E-state index in [9.17, 15) is 5.11 Å². The highest BCUT2D eigenvalue weighted by Crippen LogP contribution is 2.58. The van der Waals surface area contributed by atoms with Crippen LogP contribution in [0.25, 0.3) is 4.85 Å². The average molecular weight is 326 g/mol. The second-order valence-electron chi connectivity index (χ2n) is 7.06. The van der Waals surface area contributed by atoms with E-state index in [1.807, 2.05) is 26.1 Å². The molecule has 0 amide bonds. The molecule has 2 heterocycles. The van der Waals surface area contributed by atoms with E-state index >= 15 is 0 Å². The Bertz CT molecular complexity index is 767. The molecular weight excluding hydrogens is 304 g/mol. The molecule has 24 heavy (non-hydrogen) atoms. The van der Waals surface area contributed by atoms with Crippen LogP contribution in [0.1, 0.15) is 35.7 Å². The van der Waals surface area contributed by atoms with E-state index in [-0.39, 0.29) is 17.7 Å². The zero-order chi connectivity index (χ0) is 17.1. The Balaban J connectivity index is 2.05. The van der Waals surface area contributed by atoms with Gasteiger partial charge in [-0.05, 0) is 32.0 Å². The topological polar surface area (TPSA) is 46.3 Å². The molecule has 126 valence electrons. The van der Waals surface area contributed by atoms with Gasteiger partial charge in [0.25, 0.3) is 0 Å². The van der Waals surface area contributed by atoms with Crippen LogP contribution in [0.3, 0.4) is 0 Å². The second-order valence-corrected chi connectivity index (χ2v) is 7.06. The molecule has 5 heteroatoms. The Morgan fingerprint density at radius 2 is 2.29 bits per heavy atom. The number of aryl methyl sites for hydroxylation is 1. The van der Waals surface area contributed by atoms with Crippen molar-refractivity contribution in [1.82, 2.24) is 4.90 Å². The summed E-state index contributed by atoms with van der Waals surface area (Å²) in [5.41, 5.74) is 2.92. The van der Waals surface area contributed by atoms with Crippen LogP contribution >= 0.6 is 0 Å². The molecule has 3 aliphatic rings. The number of hydrogen-bond acceptors (Lipinski definition) is 4. The van der Waals surface area contributed by atoms with Gasteiger partial charge >= 0.3 is 6.17 Å². The van der Waals surface area contributed by atoms with E-state index in [4.69, 9.17) is 16.0 Å². The van der Waals surface area contributed by atoms with Crippen molar-refractivity contribution < 1.29 is 14.6 Å². The lowest BCUT2D eigenvalue weighted by Gasteiger charge is -2.35. The minimum absolute atomic E-state index is 0.111. The molecular formula is C19H22N2O3. The zero-order valence-electron chi connectivity index (χ0n) is 14.2. The number of benzene rings is 1. The van der Waals surface area contributed by atoms with Gasteiger partial charge in [-0.15, -0.1) is 0 Å². The van der Waals surface area contributed by atoms with Gasteiger partial charge in [-0.2, -0.15) is 0 Å². The molecule has 1 aromatic carbocycles. The van der Waals surface area contributed by atoms with Crippen LogP contribution in [0.15, 0.2) is 18.2 Å². The standard InChI is InChI=1S/C19H22N2O3/c1-11-9-13(23-4)17-16-15(11)18(20-2)21(3)8-7-19(16)6-5-12(22)10-14(19)24-17/h5-6,9,12,14,18,22H,7-8,10H2,1,3-4H3/t12-,14?,18?,19?/m1/s1. The Morgan fingerprint density at radius 1 is 1.50 bits per heavy atom. The predicted molar refractivity (Wildman–Crippen MR) is 90.2 cm³/mol. The van der Waals surface area contributed by atoms with Crippen LogP contribution in [0.5, 0.6) is 11.5 Å². The van der Waals surface area contributed by atoms with Crippen molar-refractivity contribution in [2.24, 2.45) is 0 Å². The summed E-state index contributed by atoms with van der Waals surface area (Å²) in [4.78, 5) is 6.02. The zero-order valence-corrected chi connectivity index (χ0v) is 14.2. The number of rotatable bonds is 1. The van der Waals surface area contributed by atoms with E-state index in [0.717, 1.165) is 41.2 Å². The van der Waals surface area contributed by atoms with Gasteiger partial charge in [0, 0.05) is 18.5 Å². The Hall–Kier alpha value is -2.03. The van der Waals surface area contributed by atoms with Crippen LogP contribution in [0.4, 0.5) is 0 Å². The summed E-state index contributed by atoms with van der Waals surface area (Å²) in [6.07, 6.45) is 4.52. The first kappa shape index (κ1) is 15.5. The lowest BCUT2D eigenvalue weighted by Crippen LogP contribution is -2.42. The van der Waals surface area contributed by atoms with Gasteiger partial charge in [0.15, 0.2) is 11.5 Å². The van der Waals surface area contributed by atoms with Crippen molar-refractivity contribution in [3.63, 3.8) is 0 Å². The van der Waals surface area contributed by atoms with Crippen LogP contribution in [-0.2, 0) is 5.41 Å². The quantitative estimate of drug-likeness (QED) is 0.636. The van der Waals surface area contributed by atoms with Crippen LogP contribution in [0, 0.1) is 13.5 Å². The van der Waals surface area contributed by atoms with Gasteiger partial charge < -0.3 is 14.6 Å². The number of aliphatic hydroxyl groups is 1. The molecule has 5 nitrogen and oxygen atoms in total. The van der Waals surface area contributed by atoms with Crippen molar-refractivity contribution in [3.8, 4) is 11.5 Å². The third-order valence-corrected chi connectivity index (χ3v) is 5.76. The first-order valence-electron chi connectivity index (χ1n) is 8.34. The highest BCUT2D eigenvalue weighted by Gasteiger charge is 2.55. The van der Waals surface area contributed by atoms with E-state index in [1.165, 1.54) is 0 Å². The fourth-order valence-corrected chi connectivity index (χ4v) is 4.52. The highest BCUT2D eigenvalue weighted by molar-refractivity contribution is 5.64. The molecule has 0 bridgehead atoms. The summed E-state index contributed by atoms with van der Waals surface area (Å²) in [5, 5.41) is 10.1. The van der Waals surface area contributed by atoms with E-state index < -0.39 is 6.10 Å². The van der Waals surface area contributed by atoms with Gasteiger partial charge in [-0.25, -0.2) is 11.5 Å². The van der Waals surface area contributed by atoms with Crippen molar-refractivity contribution in [2.75, 3.05) is 20.7 Å². The van der Waals surface area contributed by atoms with Gasteiger partial charge in [0.05, 0.1) is 24.2 Å². The second kappa shape index (κ2) is 5.23. The Labute approximate surface area is 142 Å². The maximum Gasteiger partial charge on any atom is 0.305 e. The Morgan fingerprint density at radius 3 is 3.00 bits per heavy atom. The first-order valence-corrected chi connectivity index (χ1v) is 8.34. The molecule has 1 N–H and O–H groups in total. The number of nitrogens with zero attached hydrogens (tertiary/aromatic N) is 2. The maximum absolute atomic E-state index is 10.1.